The Kier molecular flexibility index (Phi) is 3.48. The number of carbonyl (C=O) groups excluding carboxylic acids is 2. The van der Waals surface area contributed by atoms with E-state index in [-0.39, 0.29) is 22.2 Å². The van der Waals surface area contributed by atoms with Crippen molar-refractivity contribution >= 4 is 35.2 Å². The summed E-state index contributed by atoms with van der Waals surface area (Å²) < 4.78 is 4.94. The zero-order valence-electron chi connectivity index (χ0n) is 9.89. The first-order chi connectivity index (χ1) is 9.01. The minimum atomic E-state index is -0.569. The Balaban J connectivity index is 2.37. The molecule has 1 aliphatic rings. The highest BCUT2D eigenvalue weighted by atomic mass is 32.1. The smallest absolute Gasteiger partial charge is 0.263 e. The largest absolute Gasteiger partial charge is 0.504 e. The van der Waals surface area contributed by atoms with Crippen molar-refractivity contribution in [3.8, 4) is 11.5 Å². The van der Waals surface area contributed by atoms with Gasteiger partial charge < -0.3 is 9.84 Å². The van der Waals surface area contributed by atoms with Crippen LogP contribution in [0.4, 0.5) is 0 Å². The fourth-order valence-electron chi connectivity index (χ4n) is 1.56. The van der Waals surface area contributed by atoms with Gasteiger partial charge in [0.1, 0.15) is 5.57 Å². The molecule has 1 aliphatic heterocycles. The summed E-state index contributed by atoms with van der Waals surface area (Å²) in [6.45, 7) is 0. The first kappa shape index (κ1) is 13.0. The number of nitrogens with one attached hydrogen (secondary N) is 2. The van der Waals surface area contributed by atoms with Crippen LogP contribution in [0.3, 0.4) is 0 Å². The van der Waals surface area contributed by atoms with Gasteiger partial charge in [-0.25, -0.2) is 0 Å². The molecule has 1 aromatic carbocycles. The van der Waals surface area contributed by atoms with E-state index in [1.54, 1.807) is 6.07 Å². The molecule has 0 radical (unpaired) electrons. The molecule has 7 heteroatoms. The number of rotatable bonds is 2. The molecule has 1 aromatic rings. The summed E-state index contributed by atoms with van der Waals surface area (Å²) in [5.41, 5.74) is 0.476. The third-order valence-corrected chi connectivity index (χ3v) is 2.66. The number of carbonyl (C=O) groups is 2. The fraction of sp³-hybridized carbons (Fsp3) is 0.0833. The summed E-state index contributed by atoms with van der Waals surface area (Å²) >= 11 is 4.69. The van der Waals surface area contributed by atoms with Gasteiger partial charge in [0.15, 0.2) is 16.6 Å². The monoisotopic (exact) mass is 278 g/mol. The van der Waals surface area contributed by atoms with Crippen LogP contribution in [0.5, 0.6) is 11.5 Å². The average Bonchev–Trinajstić information content (AvgIpc) is 2.35. The number of phenolic OH excluding ortho intramolecular Hbond substituents is 1. The van der Waals surface area contributed by atoms with Crippen LogP contribution in [0.1, 0.15) is 5.56 Å². The molecule has 19 heavy (non-hydrogen) atoms. The number of thiocarbonyl (C=S) groups is 1. The Bertz CT molecular complexity index is 588. The summed E-state index contributed by atoms with van der Waals surface area (Å²) in [5, 5.41) is 14.1. The lowest BCUT2D eigenvalue weighted by Gasteiger charge is -2.16. The van der Waals surface area contributed by atoms with E-state index in [2.05, 4.69) is 22.9 Å². The average molecular weight is 278 g/mol. The highest BCUT2D eigenvalue weighted by Crippen LogP contribution is 2.27. The molecular formula is C12H10N2O4S. The van der Waals surface area contributed by atoms with Crippen molar-refractivity contribution in [3.05, 3.63) is 29.3 Å². The molecule has 0 unspecified atom stereocenters. The Morgan fingerprint density at radius 1 is 1.26 bits per heavy atom. The number of amides is 2. The number of phenols is 1. The van der Waals surface area contributed by atoms with E-state index in [0.29, 0.717) is 5.56 Å². The fourth-order valence-corrected chi connectivity index (χ4v) is 1.74. The summed E-state index contributed by atoms with van der Waals surface area (Å²) in [7, 11) is 1.41. The molecule has 3 N–H and O–H groups in total. The summed E-state index contributed by atoms with van der Waals surface area (Å²) in [6.07, 6.45) is 1.38. The van der Waals surface area contributed by atoms with Crippen molar-refractivity contribution in [3.63, 3.8) is 0 Å². The van der Waals surface area contributed by atoms with Gasteiger partial charge in [-0.15, -0.1) is 0 Å². The number of aromatic hydroxyl groups is 1. The van der Waals surface area contributed by atoms with E-state index in [1.807, 2.05) is 0 Å². The molecule has 0 atom stereocenters. The van der Waals surface area contributed by atoms with Gasteiger partial charge in [-0.3, -0.25) is 20.2 Å². The van der Waals surface area contributed by atoms with Crippen molar-refractivity contribution in [2.24, 2.45) is 0 Å². The molecule has 0 aromatic heterocycles. The summed E-state index contributed by atoms with van der Waals surface area (Å²) in [5.74, 6) is -0.911. The van der Waals surface area contributed by atoms with Crippen LogP contribution in [-0.4, -0.2) is 29.1 Å². The Labute approximate surface area is 114 Å². The number of ether oxygens (including phenoxy) is 1. The SMILES string of the molecule is COc1cc(C=C2C(=O)NC(=S)NC2=O)ccc1O. The Hall–Kier alpha value is -2.41. The van der Waals surface area contributed by atoms with Crippen molar-refractivity contribution in [1.82, 2.24) is 10.6 Å². The Morgan fingerprint density at radius 3 is 2.47 bits per heavy atom. The molecule has 1 saturated heterocycles. The lowest BCUT2D eigenvalue weighted by molar-refractivity contribution is -0.123. The summed E-state index contributed by atoms with van der Waals surface area (Å²) in [4.78, 5) is 23.3. The standard InChI is InChI=1S/C12H10N2O4S/c1-18-9-5-6(2-3-8(9)15)4-7-10(16)13-12(19)14-11(7)17/h2-5,15H,1H3,(H2,13,14,16,17,19). The first-order valence-corrected chi connectivity index (χ1v) is 5.67. The van der Waals surface area contributed by atoms with E-state index in [1.165, 1.54) is 25.3 Å². The number of benzene rings is 1. The molecule has 0 bridgehead atoms. The quantitative estimate of drug-likeness (QED) is 0.412. The number of hydrogen-bond acceptors (Lipinski definition) is 5. The molecule has 1 fully saturated rings. The molecule has 0 aliphatic carbocycles. The van der Waals surface area contributed by atoms with Gasteiger partial charge in [-0.2, -0.15) is 0 Å². The van der Waals surface area contributed by atoms with Gasteiger partial charge in [0.05, 0.1) is 7.11 Å². The third-order valence-electron chi connectivity index (χ3n) is 2.46. The van der Waals surface area contributed by atoms with Crippen LogP contribution in [0, 0.1) is 0 Å². The van der Waals surface area contributed by atoms with Crippen LogP contribution in [0.25, 0.3) is 6.08 Å². The second kappa shape index (κ2) is 5.07. The highest BCUT2D eigenvalue weighted by Gasteiger charge is 2.25. The van der Waals surface area contributed by atoms with Gasteiger partial charge in [0.25, 0.3) is 11.8 Å². The van der Waals surface area contributed by atoms with E-state index in [9.17, 15) is 14.7 Å². The predicted molar refractivity (Wildman–Crippen MR) is 71.5 cm³/mol. The van der Waals surface area contributed by atoms with Crippen LogP contribution >= 0.6 is 12.2 Å². The van der Waals surface area contributed by atoms with E-state index >= 15 is 0 Å². The first-order valence-electron chi connectivity index (χ1n) is 5.26. The van der Waals surface area contributed by atoms with Crippen molar-refractivity contribution in [2.75, 3.05) is 7.11 Å². The minimum Gasteiger partial charge on any atom is -0.504 e. The zero-order valence-corrected chi connectivity index (χ0v) is 10.7. The summed E-state index contributed by atoms with van der Waals surface area (Å²) in [6, 6.07) is 4.47. The molecule has 1 heterocycles. The van der Waals surface area contributed by atoms with Crippen molar-refractivity contribution < 1.29 is 19.4 Å². The normalized spacial score (nSPS) is 14.8. The topological polar surface area (TPSA) is 87.7 Å². The second-order valence-corrected chi connectivity index (χ2v) is 4.13. The molecule has 6 nitrogen and oxygen atoms in total. The van der Waals surface area contributed by atoms with Crippen molar-refractivity contribution in [2.45, 2.75) is 0 Å². The van der Waals surface area contributed by atoms with E-state index < -0.39 is 11.8 Å². The van der Waals surface area contributed by atoms with Gasteiger partial charge in [-0.1, -0.05) is 6.07 Å². The van der Waals surface area contributed by atoms with Crippen LogP contribution < -0.4 is 15.4 Å². The maximum atomic E-state index is 11.6. The predicted octanol–water partition coefficient (Wildman–Crippen LogP) is 0.315. The lowest BCUT2D eigenvalue weighted by atomic mass is 10.1. The van der Waals surface area contributed by atoms with E-state index in [4.69, 9.17) is 4.74 Å². The maximum Gasteiger partial charge on any atom is 0.263 e. The molecule has 0 saturated carbocycles. The van der Waals surface area contributed by atoms with Crippen LogP contribution in [-0.2, 0) is 9.59 Å². The Morgan fingerprint density at radius 2 is 1.89 bits per heavy atom. The van der Waals surface area contributed by atoms with Gasteiger partial charge in [0, 0.05) is 0 Å². The molecular weight excluding hydrogens is 268 g/mol. The van der Waals surface area contributed by atoms with Gasteiger partial charge >= 0.3 is 0 Å². The number of methoxy groups -OCH3 is 1. The third kappa shape index (κ3) is 2.71. The minimum absolute atomic E-state index is 0.0181. The molecule has 98 valence electrons. The second-order valence-electron chi connectivity index (χ2n) is 3.73. The van der Waals surface area contributed by atoms with Crippen LogP contribution in [0.15, 0.2) is 23.8 Å². The molecule has 2 rings (SSSR count). The van der Waals surface area contributed by atoms with Crippen LogP contribution in [0.2, 0.25) is 0 Å². The van der Waals surface area contributed by atoms with Crippen molar-refractivity contribution in [1.29, 1.82) is 0 Å². The maximum absolute atomic E-state index is 11.6. The lowest BCUT2D eigenvalue weighted by Crippen LogP contribution is -2.51. The van der Waals surface area contributed by atoms with Gasteiger partial charge in [-0.05, 0) is 36.0 Å². The zero-order chi connectivity index (χ0) is 14.0. The highest BCUT2D eigenvalue weighted by molar-refractivity contribution is 7.80. The van der Waals surface area contributed by atoms with E-state index in [0.717, 1.165) is 0 Å². The molecule has 0 spiro atoms. The van der Waals surface area contributed by atoms with Gasteiger partial charge in [0.2, 0.25) is 0 Å². The number of hydrogen-bond donors (Lipinski definition) is 3. The molecule has 2 amide bonds.